The van der Waals surface area contributed by atoms with Crippen LogP contribution in [-0.4, -0.2) is 33.3 Å². The van der Waals surface area contributed by atoms with Crippen LogP contribution >= 0.6 is 0 Å². The van der Waals surface area contributed by atoms with Gasteiger partial charge in [0.25, 0.3) is 5.91 Å². The number of carbonyl (C=O) groups excluding carboxylic acids is 2. The molecule has 0 aliphatic rings. The third-order valence-corrected chi connectivity index (χ3v) is 4.05. The molecule has 2 aromatic carbocycles. The second kappa shape index (κ2) is 7.82. The van der Waals surface area contributed by atoms with E-state index in [2.05, 4.69) is 15.6 Å². The van der Waals surface area contributed by atoms with Crippen molar-refractivity contribution >= 4 is 17.4 Å². The number of carbonyl (C=O) groups is 2. The van der Waals surface area contributed by atoms with Crippen molar-refractivity contribution in [2.75, 3.05) is 11.9 Å². The van der Waals surface area contributed by atoms with E-state index in [0.29, 0.717) is 35.0 Å². The topological polar surface area (TPSA) is 86.1 Å². The summed E-state index contributed by atoms with van der Waals surface area (Å²) in [4.78, 5) is 23.9. The Bertz CT molecular complexity index is 977. The molecular formula is C20H20N4O3. The average Bonchev–Trinajstić information content (AvgIpc) is 3.04. The number of benzene rings is 2. The van der Waals surface area contributed by atoms with Crippen LogP contribution in [0.25, 0.3) is 5.69 Å². The number of hydrogen-bond donors (Lipinski definition) is 1. The van der Waals surface area contributed by atoms with Crippen LogP contribution in [0.2, 0.25) is 0 Å². The van der Waals surface area contributed by atoms with E-state index < -0.39 is 0 Å². The van der Waals surface area contributed by atoms with Crippen molar-refractivity contribution in [3.8, 4) is 11.4 Å². The Morgan fingerprint density at radius 2 is 1.81 bits per heavy atom. The largest absolute Gasteiger partial charge is 0.492 e. The zero-order valence-corrected chi connectivity index (χ0v) is 15.4. The molecule has 0 unspecified atom stereocenters. The van der Waals surface area contributed by atoms with Gasteiger partial charge in [-0.25, -0.2) is 4.68 Å². The van der Waals surface area contributed by atoms with E-state index in [9.17, 15) is 9.59 Å². The smallest absolute Gasteiger partial charge is 0.278 e. The number of para-hydroxylation sites is 2. The molecule has 138 valence electrons. The molecule has 1 heterocycles. The molecule has 0 bridgehead atoms. The summed E-state index contributed by atoms with van der Waals surface area (Å²) >= 11 is 0. The van der Waals surface area contributed by atoms with E-state index in [1.165, 1.54) is 6.92 Å². The van der Waals surface area contributed by atoms with Crippen LogP contribution in [-0.2, 0) is 0 Å². The first-order chi connectivity index (χ1) is 13.0. The van der Waals surface area contributed by atoms with Crippen molar-refractivity contribution < 1.29 is 14.3 Å². The van der Waals surface area contributed by atoms with Crippen LogP contribution in [0.4, 0.5) is 5.69 Å². The number of aromatic nitrogens is 3. The molecule has 0 fully saturated rings. The highest BCUT2D eigenvalue weighted by Gasteiger charge is 2.19. The first-order valence-corrected chi connectivity index (χ1v) is 8.58. The molecule has 7 nitrogen and oxygen atoms in total. The Balaban J connectivity index is 1.84. The molecule has 0 aliphatic carbocycles. The maximum absolute atomic E-state index is 12.6. The zero-order chi connectivity index (χ0) is 19.4. The van der Waals surface area contributed by atoms with E-state index in [-0.39, 0.29) is 17.4 Å². The number of anilines is 1. The van der Waals surface area contributed by atoms with E-state index in [1.54, 1.807) is 35.9 Å². The van der Waals surface area contributed by atoms with Crippen LogP contribution < -0.4 is 10.1 Å². The maximum Gasteiger partial charge on any atom is 0.278 e. The number of ether oxygens (including phenoxy) is 1. The van der Waals surface area contributed by atoms with Gasteiger partial charge < -0.3 is 10.1 Å². The third-order valence-electron chi connectivity index (χ3n) is 4.05. The fraction of sp³-hybridized carbons (Fsp3) is 0.200. The van der Waals surface area contributed by atoms with Crippen molar-refractivity contribution in [3.05, 3.63) is 65.5 Å². The lowest BCUT2D eigenvalue weighted by Crippen LogP contribution is -2.14. The lowest BCUT2D eigenvalue weighted by molar-refractivity contribution is 0.101. The minimum absolute atomic E-state index is 0.0281. The van der Waals surface area contributed by atoms with Crippen molar-refractivity contribution in [2.45, 2.75) is 20.8 Å². The number of ketones is 1. The number of rotatable bonds is 6. The fourth-order valence-corrected chi connectivity index (χ4v) is 2.66. The van der Waals surface area contributed by atoms with Gasteiger partial charge in [0.2, 0.25) is 0 Å². The van der Waals surface area contributed by atoms with Gasteiger partial charge in [0.15, 0.2) is 11.5 Å². The van der Waals surface area contributed by atoms with Crippen LogP contribution in [0.3, 0.4) is 0 Å². The molecule has 1 aromatic heterocycles. The molecule has 3 rings (SSSR count). The van der Waals surface area contributed by atoms with Crippen molar-refractivity contribution in [1.82, 2.24) is 15.0 Å². The molecule has 1 amide bonds. The standard InChI is InChI=1S/C20H20N4O3/c1-4-27-18-8-6-5-7-17(18)24-13(2)19(22-23-24)20(26)21-16-11-9-15(10-12-16)14(3)25/h5-12H,4H2,1-3H3,(H,21,26). The number of Topliss-reactive ketones (excluding diaryl/α,β-unsaturated/α-hetero) is 1. The Labute approximate surface area is 157 Å². The lowest BCUT2D eigenvalue weighted by Gasteiger charge is -2.10. The van der Waals surface area contributed by atoms with E-state index in [4.69, 9.17) is 4.74 Å². The van der Waals surface area contributed by atoms with Crippen molar-refractivity contribution in [3.63, 3.8) is 0 Å². The summed E-state index contributed by atoms with van der Waals surface area (Å²) in [6.45, 7) is 5.70. The first kappa shape index (κ1) is 18.3. The quantitative estimate of drug-likeness (QED) is 0.677. The number of nitrogens with one attached hydrogen (secondary N) is 1. The highest BCUT2D eigenvalue weighted by atomic mass is 16.5. The van der Waals surface area contributed by atoms with Gasteiger partial charge in [0, 0.05) is 11.3 Å². The molecule has 0 atom stereocenters. The summed E-state index contributed by atoms with van der Waals surface area (Å²) in [6, 6.07) is 14.1. The average molecular weight is 364 g/mol. The van der Waals surface area contributed by atoms with Gasteiger partial charge in [-0.05, 0) is 57.2 Å². The molecular weight excluding hydrogens is 344 g/mol. The highest BCUT2D eigenvalue weighted by molar-refractivity contribution is 6.04. The van der Waals surface area contributed by atoms with Crippen LogP contribution in [0.1, 0.15) is 40.4 Å². The maximum atomic E-state index is 12.6. The van der Waals surface area contributed by atoms with Gasteiger partial charge >= 0.3 is 0 Å². The molecule has 0 saturated heterocycles. The molecule has 1 N–H and O–H groups in total. The molecule has 27 heavy (non-hydrogen) atoms. The number of nitrogens with zero attached hydrogens (tertiary/aromatic N) is 3. The molecule has 0 spiro atoms. The molecule has 0 saturated carbocycles. The monoisotopic (exact) mass is 364 g/mol. The molecule has 7 heteroatoms. The second-order valence-corrected chi connectivity index (χ2v) is 5.92. The Morgan fingerprint density at radius 1 is 1.11 bits per heavy atom. The zero-order valence-electron chi connectivity index (χ0n) is 15.4. The van der Waals surface area contributed by atoms with Crippen molar-refractivity contribution in [1.29, 1.82) is 0 Å². The Kier molecular flexibility index (Phi) is 5.30. The summed E-state index contributed by atoms with van der Waals surface area (Å²) in [7, 11) is 0. The highest BCUT2D eigenvalue weighted by Crippen LogP contribution is 2.24. The Hall–Kier alpha value is -3.48. The van der Waals surface area contributed by atoms with Gasteiger partial charge in [-0.1, -0.05) is 17.3 Å². The van der Waals surface area contributed by atoms with Gasteiger partial charge in [-0.2, -0.15) is 0 Å². The summed E-state index contributed by atoms with van der Waals surface area (Å²) in [5.41, 5.74) is 2.70. The van der Waals surface area contributed by atoms with Crippen LogP contribution in [0.5, 0.6) is 5.75 Å². The number of amides is 1. The fourth-order valence-electron chi connectivity index (χ4n) is 2.66. The molecule has 0 aliphatic heterocycles. The summed E-state index contributed by atoms with van der Waals surface area (Å²) in [6.07, 6.45) is 0. The van der Waals surface area contributed by atoms with Gasteiger partial charge in [0.05, 0.1) is 12.3 Å². The second-order valence-electron chi connectivity index (χ2n) is 5.92. The van der Waals surface area contributed by atoms with Crippen LogP contribution in [0, 0.1) is 6.92 Å². The minimum atomic E-state index is -0.372. The minimum Gasteiger partial charge on any atom is -0.492 e. The lowest BCUT2D eigenvalue weighted by atomic mass is 10.1. The van der Waals surface area contributed by atoms with E-state index >= 15 is 0 Å². The SMILES string of the molecule is CCOc1ccccc1-n1nnc(C(=O)Nc2ccc(C(C)=O)cc2)c1C. The van der Waals surface area contributed by atoms with Gasteiger partial charge in [-0.3, -0.25) is 9.59 Å². The predicted octanol–water partition coefficient (Wildman–Crippen LogP) is 3.43. The van der Waals surface area contributed by atoms with E-state index in [1.807, 2.05) is 31.2 Å². The summed E-state index contributed by atoms with van der Waals surface area (Å²) in [5.74, 6) is 0.266. The molecule has 0 radical (unpaired) electrons. The van der Waals surface area contributed by atoms with Crippen molar-refractivity contribution in [2.24, 2.45) is 0 Å². The third kappa shape index (κ3) is 3.87. The van der Waals surface area contributed by atoms with E-state index in [0.717, 1.165) is 0 Å². The van der Waals surface area contributed by atoms with Crippen LogP contribution in [0.15, 0.2) is 48.5 Å². The summed E-state index contributed by atoms with van der Waals surface area (Å²) < 4.78 is 7.21. The normalized spacial score (nSPS) is 10.5. The summed E-state index contributed by atoms with van der Waals surface area (Å²) in [5, 5.41) is 10.9. The van der Waals surface area contributed by atoms with Gasteiger partial charge in [-0.15, -0.1) is 5.10 Å². The molecule has 3 aromatic rings. The first-order valence-electron chi connectivity index (χ1n) is 8.58. The Morgan fingerprint density at radius 3 is 2.48 bits per heavy atom. The van der Waals surface area contributed by atoms with Gasteiger partial charge in [0.1, 0.15) is 11.4 Å². The predicted molar refractivity (Wildman–Crippen MR) is 102 cm³/mol. The number of hydrogen-bond acceptors (Lipinski definition) is 5.